The van der Waals surface area contributed by atoms with Crippen LogP contribution in [0.5, 0.6) is 0 Å². The maximum absolute atomic E-state index is 10.8. The monoisotopic (exact) mass is 184 g/mol. The number of rotatable bonds is 7. The Balaban J connectivity index is 4.05. The van der Waals surface area contributed by atoms with E-state index in [4.69, 9.17) is 5.11 Å². The summed E-state index contributed by atoms with van der Waals surface area (Å²) >= 11 is 0. The molecule has 0 heterocycles. The summed E-state index contributed by atoms with van der Waals surface area (Å²) < 4.78 is 0. The van der Waals surface area contributed by atoms with Crippen molar-refractivity contribution in [3.05, 3.63) is 12.7 Å². The normalized spacial score (nSPS) is 14.9. The van der Waals surface area contributed by atoms with Gasteiger partial charge < -0.3 is 5.11 Å². The van der Waals surface area contributed by atoms with Crippen molar-refractivity contribution in [1.29, 1.82) is 0 Å². The maximum atomic E-state index is 10.8. The van der Waals surface area contributed by atoms with Gasteiger partial charge in [-0.15, -0.1) is 6.58 Å². The van der Waals surface area contributed by atoms with E-state index in [-0.39, 0.29) is 5.92 Å². The van der Waals surface area contributed by atoms with E-state index in [9.17, 15) is 4.79 Å². The molecule has 0 saturated heterocycles. The molecule has 0 aromatic heterocycles. The van der Waals surface area contributed by atoms with Gasteiger partial charge in [0.1, 0.15) is 0 Å². The highest BCUT2D eigenvalue weighted by molar-refractivity contribution is 5.69. The minimum absolute atomic E-state index is 0.222. The zero-order valence-electron chi connectivity index (χ0n) is 8.62. The smallest absolute Gasteiger partial charge is 0.306 e. The Morgan fingerprint density at radius 2 is 2.15 bits per heavy atom. The van der Waals surface area contributed by atoms with Crippen molar-refractivity contribution in [1.82, 2.24) is 0 Å². The summed E-state index contributed by atoms with van der Waals surface area (Å²) in [7, 11) is 0. The Hall–Kier alpha value is -0.790. The van der Waals surface area contributed by atoms with Crippen LogP contribution in [0.4, 0.5) is 0 Å². The van der Waals surface area contributed by atoms with Crippen LogP contribution in [-0.4, -0.2) is 11.1 Å². The van der Waals surface area contributed by atoms with Crippen LogP contribution < -0.4 is 0 Å². The first-order chi connectivity index (χ1) is 6.13. The Labute approximate surface area is 80.7 Å². The Bertz CT molecular complexity index is 163. The lowest BCUT2D eigenvalue weighted by Gasteiger charge is -2.19. The van der Waals surface area contributed by atoms with Gasteiger partial charge in [-0.05, 0) is 25.2 Å². The average molecular weight is 184 g/mol. The van der Waals surface area contributed by atoms with Crippen LogP contribution in [0.15, 0.2) is 12.7 Å². The summed E-state index contributed by atoms with van der Waals surface area (Å²) in [5.41, 5.74) is 0. The third-order valence-electron chi connectivity index (χ3n) is 2.50. The standard InChI is InChI=1S/C11H20O2/c1-4-6-8-10(7-5-2)9(3)11(12)13/h4,9-10H,1,5-8H2,2-3H3,(H,12,13). The number of hydrogen-bond donors (Lipinski definition) is 1. The molecule has 0 aromatic rings. The predicted octanol–water partition coefficient (Wildman–Crippen LogP) is 3.09. The first-order valence-electron chi connectivity index (χ1n) is 4.97. The minimum Gasteiger partial charge on any atom is -0.481 e. The second kappa shape index (κ2) is 6.70. The number of aliphatic carboxylic acids is 1. The van der Waals surface area contributed by atoms with Crippen LogP contribution >= 0.6 is 0 Å². The van der Waals surface area contributed by atoms with Crippen molar-refractivity contribution < 1.29 is 9.90 Å². The molecule has 0 aliphatic heterocycles. The molecule has 1 N–H and O–H groups in total. The van der Waals surface area contributed by atoms with Gasteiger partial charge in [-0.3, -0.25) is 4.79 Å². The molecule has 0 fully saturated rings. The summed E-state index contributed by atoms with van der Waals surface area (Å²) in [5.74, 6) is -0.595. The zero-order chi connectivity index (χ0) is 10.3. The third-order valence-corrected chi connectivity index (χ3v) is 2.50. The minimum atomic E-state index is -0.678. The van der Waals surface area contributed by atoms with Crippen LogP contribution in [-0.2, 0) is 4.79 Å². The largest absolute Gasteiger partial charge is 0.481 e. The molecule has 0 saturated carbocycles. The molecule has 0 spiro atoms. The number of allylic oxidation sites excluding steroid dienone is 1. The van der Waals surface area contributed by atoms with Crippen LogP contribution in [0.1, 0.15) is 39.5 Å². The van der Waals surface area contributed by atoms with E-state index in [2.05, 4.69) is 13.5 Å². The average Bonchev–Trinajstić information content (AvgIpc) is 2.11. The van der Waals surface area contributed by atoms with Crippen LogP contribution in [0.25, 0.3) is 0 Å². The Morgan fingerprint density at radius 1 is 1.54 bits per heavy atom. The molecule has 0 aliphatic carbocycles. The van der Waals surface area contributed by atoms with Gasteiger partial charge in [0.2, 0.25) is 0 Å². The first-order valence-corrected chi connectivity index (χ1v) is 4.97. The van der Waals surface area contributed by atoms with Crippen molar-refractivity contribution in [3.8, 4) is 0 Å². The van der Waals surface area contributed by atoms with Crippen LogP contribution in [0.2, 0.25) is 0 Å². The predicted molar refractivity (Wildman–Crippen MR) is 54.6 cm³/mol. The van der Waals surface area contributed by atoms with E-state index in [1.54, 1.807) is 6.92 Å². The lowest BCUT2D eigenvalue weighted by molar-refractivity contribution is -0.143. The Morgan fingerprint density at radius 3 is 2.54 bits per heavy atom. The number of hydrogen-bond acceptors (Lipinski definition) is 1. The van der Waals surface area contributed by atoms with Gasteiger partial charge >= 0.3 is 5.97 Å². The molecule has 2 atom stereocenters. The first kappa shape index (κ1) is 12.2. The van der Waals surface area contributed by atoms with Crippen molar-refractivity contribution in [2.24, 2.45) is 11.8 Å². The molecule has 2 heteroatoms. The third kappa shape index (κ3) is 4.71. The summed E-state index contributed by atoms with van der Waals surface area (Å²) in [6.07, 6.45) is 5.78. The van der Waals surface area contributed by atoms with Gasteiger partial charge in [0, 0.05) is 0 Å². The van der Waals surface area contributed by atoms with Crippen LogP contribution in [0.3, 0.4) is 0 Å². The van der Waals surface area contributed by atoms with Gasteiger partial charge in [-0.1, -0.05) is 26.3 Å². The zero-order valence-corrected chi connectivity index (χ0v) is 8.62. The molecule has 0 aliphatic rings. The molecular formula is C11H20O2. The van der Waals surface area contributed by atoms with Crippen molar-refractivity contribution in [2.75, 3.05) is 0 Å². The SMILES string of the molecule is C=CCCC(CCC)C(C)C(=O)O. The summed E-state index contributed by atoms with van der Waals surface area (Å²) in [6, 6.07) is 0. The molecule has 2 unspecified atom stereocenters. The lowest BCUT2D eigenvalue weighted by atomic mass is 9.86. The maximum Gasteiger partial charge on any atom is 0.306 e. The molecule has 2 nitrogen and oxygen atoms in total. The highest BCUT2D eigenvalue weighted by atomic mass is 16.4. The number of carboxylic acid groups (broad SMARTS) is 1. The second-order valence-electron chi connectivity index (χ2n) is 3.54. The Kier molecular flexibility index (Phi) is 6.29. The summed E-state index contributed by atoms with van der Waals surface area (Å²) in [5, 5.41) is 8.85. The highest BCUT2D eigenvalue weighted by Crippen LogP contribution is 2.23. The van der Waals surface area contributed by atoms with Crippen molar-refractivity contribution in [3.63, 3.8) is 0 Å². The molecule has 0 amide bonds. The molecule has 0 bridgehead atoms. The van der Waals surface area contributed by atoms with Gasteiger partial charge in [-0.25, -0.2) is 0 Å². The van der Waals surface area contributed by atoms with E-state index < -0.39 is 5.97 Å². The van der Waals surface area contributed by atoms with Gasteiger partial charge in [0.15, 0.2) is 0 Å². The van der Waals surface area contributed by atoms with E-state index in [0.29, 0.717) is 5.92 Å². The fourth-order valence-electron chi connectivity index (χ4n) is 1.55. The molecule has 0 aromatic carbocycles. The van der Waals surface area contributed by atoms with Gasteiger partial charge in [0.05, 0.1) is 5.92 Å². The fraction of sp³-hybridized carbons (Fsp3) is 0.727. The van der Waals surface area contributed by atoms with Crippen molar-refractivity contribution in [2.45, 2.75) is 39.5 Å². The number of carbonyl (C=O) groups is 1. The molecule has 76 valence electrons. The van der Waals surface area contributed by atoms with Gasteiger partial charge in [0.25, 0.3) is 0 Å². The quantitative estimate of drug-likeness (QED) is 0.617. The summed E-state index contributed by atoms with van der Waals surface area (Å²) in [4.78, 5) is 10.8. The van der Waals surface area contributed by atoms with E-state index in [1.165, 1.54) is 0 Å². The molecule has 13 heavy (non-hydrogen) atoms. The van der Waals surface area contributed by atoms with Crippen molar-refractivity contribution >= 4 is 5.97 Å². The molecular weight excluding hydrogens is 164 g/mol. The second-order valence-corrected chi connectivity index (χ2v) is 3.54. The topological polar surface area (TPSA) is 37.3 Å². The highest BCUT2D eigenvalue weighted by Gasteiger charge is 2.21. The molecule has 0 rings (SSSR count). The fourth-order valence-corrected chi connectivity index (χ4v) is 1.55. The van der Waals surface area contributed by atoms with E-state index in [1.807, 2.05) is 6.08 Å². The van der Waals surface area contributed by atoms with E-state index >= 15 is 0 Å². The van der Waals surface area contributed by atoms with E-state index in [0.717, 1.165) is 25.7 Å². The lowest BCUT2D eigenvalue weighted by Crippen LogP contribution is -2.20. The summed E-state index contributed by atoms with van der Waals surface area (Å²) in [6.45, 7) is 7.54. The number of carboxylic acids is 1. The molecule has 0 radical (unpaired) electrons. The van der Waals surface area contributed by atoms with Crippen LogP contribution in [0, 0.1) is 11.8 Å². The van der Waals surface area contributed by atoms with Gasteiger partial charge in [-0.2, -0.15) is 0 Å².